The van der Waals surface area contributed by atoms with Crippen LogP contribution in [-0.2, 0) is 16.0 Å². The standard InChI is InChI=1S/C27H30NO5/c1-28(2,3)23-12-10-21(11-13-23)20-26(29)32-19-7-18-31-24-14-16-25(17-15-24)33-27(30)22-8-5-4-6-9-22/h4-6,8-17H,7,18-20H2,1-3H3/q+1. The summed E-state index contributed by atoms with van der Waals surface area (Å²) in [6, 6.07) is 23.6. The number of quaternary nitrogens is 1. The number of carbonyl (C=O) groups excluding carboxylic acids is 2. The Morgan fingerprint density at radius 3 is 2.03 bits per heavy atom. The van der Waals surface area contributed by atoms with Crippen molar-refractivity contribution < 1.29 is 23.8 Å². The Labute approximate surface area is 194 Å². The van der Waals surface area contributed by atoms with E-state index in [1.807, 2.05) is 30.3 Å². The van der Waals surface area contributed by atoms with E-state index >= 15 is 0 Å². The quantitative estimate of drug-likeness (QED) is 0.195. The highest BCUT2D eigenvalue weighted by Crippen LogP contribution is 2.19. The highest BCUT2D eigenvalue weighted by Gasteiger charge is 2.12. The molecule has 0 aliphatic rings. The van der Waals surface area contributed by atoms with Crippen LogP contribution < -0.4 is 14.0 Å². The summed E-state index contributed by atoms with van der Waals surface area (Å²) in [5.41, 5.74) is 2.60. The highest BCUT2D eigenvalue weighted by atomic mass is 16.5. The summed E-state index contributed by atoms with van der Waals surface area (Å²) in [6.07, 6.45) is 0.832. The minimum atomic E-state index is -0.407. The largest absolute Gasteiger partial charge is 0.493 e. The van der Waals surface area contributed by atoms with Crippen molar-refractivity contribution in [2.24, 2.45) is 0 Å². The van der Waals surface area contributed by atoms with Gasteiger partial charge in [0, 0.05) is 6.42 Å². The SMILES string of the molecule is C[N+](C)(C)c1ccc(CC(=O)OCCCOc2ccc(OC(=O)c3ccccc3)cc2)cc1. The third-order valence-electron chi connectivity index (χ3n) is 4.92. The first-order valence-electron chi connectivity index (χ1n) is 10.9. The van der Waals surface area contributed by atoms with Gasteiger partial charge in [0.2, 0.25) is 0 Å². The fourth-order valence-electron chi connectivity index (χ4n) is 3.06. The van der Waals surface area contributed by atoms with E-state index in [0.29, 0.717) is 36.7 Å². The zero-order chi connectivity index (χ0) is 23.7. The summed E-state index contributed by atoms with van der Waals surface area (Å²) in [4.78, 5) is 24.1. The van der Waals surface area contributed by atoms with Gasteiger partial charge in [-0.25, -0.2) is 4.79 Å². The van der Waals surface area contributed by atoms with Gasteiger partial charge in [-0.15, -0.1) is 0 Å². The lowest BCUT2D eigenvalue weighted by Crippen LogP contribution is -2.34. The van der Waals surface area contributed by atoms with Crippen LogP contribution in [0.15, 0.2) is 78.9 Å². The summed E-state index contributed by atoms with van der Waals surface area (Å²) in [7, 11) is 6.29. The second-order valence-electron chi connectivity index (χ2n) is 8.51. The van der Waals surface area contributed by atoms with Crippen LogP contribution in [0.5, 0.6) is 11.5 Å². The van der Waals surface area contributed by atoms with Crippen LogP contribution in [0.3, 0.4) is 0 Å². The van der Waals surface area contributed by atoms with Gasteiger partial charge < -0.3 is 14.2 Å². The molecule has 0 unspecified atom stereocenters. The fourth-order valence-corrected chi connectivity index (χ4v) is 3.06. The molecule has 33 heavy (non-hydrogen) atoms. The van der Waals surface area contributed by atoms with Gasteiger partial charge in [0.25, 0.3) is 0 Å². The number of ether oxygens (including phenoxy) is 3. The van der Waals surface area contributed by atoms with Gasteiger partial charge in [0.15, 0.2) is 0 Å². The first-order valence-corrected chi connectivity index (χ1v) is 10.9. The van der Waals surface area contributed by atoms with Crippen LogP contribution in [0.1, 0.15) is 22.3 Å². The van der Waals surface area contributed by atoms with Crippen LogP contribution in [0.25, 0.3) is 0 Å². The van der Waals surface area contributed by atoms with E-state index in [1.165, 1.54) is 5.69 Å². The molecular weight excluding hydrogens is 418 g/mol. The van der Waals surface area contributed by atoms with Gasteiger partial charge >= 0.3 is 11.9 Å². The molecular formula is C27H30NO5+. The third-order valence-corrected chi connectivity index (χ3v) is 4.92. The number of nitrogens with zero attached hydrogens (tertiary/aromatic N) is 1. The summed E-state index contributed by atoms with van der Waals surface area (Å²) >= 11 is 0. The smallest absolute Gasteiger partial charge is 0.343 e. The van der Waals surface area contributed by atoms with Gasteiger partial charge in [0.05, 0.1) is 46.3 Å². The number of rotatable bonds is 10. The normalized spacial score (nSPS) is 11.0. The Morgan fingerprint density at radius 2 is 1.39 bits per heavy atom. The van der Waals surface area contributed by atoms with Crippen LogP contribution in [0.4, 0.5) is 5.69 Å². The van der Waals surface area contributed by atoms with Crippen molar-refractivity contribution in [3.63, 3.8) is 0 Å². The van der Waals surface area contributed by atoms with Gasteiger partial charge in [-0.05, 0) is 54.1 Å². The molecule has 3 aromatic rings. The second-order valence-corrected chi connectivity index (χ2v) is 8.51. The summed E-state index contributed by atoms with van der Waals surface area (Å²) in [5, 5.41) is 0. The second kappa shape index (κ2) is 11.3. The first-order chi connectivity index (χ1) is 15.8. The molecule has 0 N–H and O–H groups in total. The Kier molecular flexibility index (Phi) is 8.22. The first kappa shape index (κ1) is 24.0. The number of hydrogen-bond donors (Lipinski definition) is 0. The molecule has 172 valence electrons. The maximum Gasteiger partial charge on any atom is 0.343 e. The molecule has 0 aromatic heterocycles. The van der Waals surface area contributed by atoms with Gasteiger partial charge in [0.1, 0.15) is 17.2 Å². The lowest BCUT2D eigenvalue weighted by molar-refractivity contribution is -0.143. The molecule has 0 amide bonds. The van der Waals surface area contributed by atoms with E-state index in [1.54, 1.807) is 48.5 Å². The average Bonchev–Trinajstić information content (AvgIpc) is 2.80. The summed E-state index contributed by atoms with van der Waals surface area (Å²) < 4.78 is 17.0. The monoisotopic (exact) mass is 448 g/mol. The Morgan fingerprint density at radius 1 is 0.758 bits per heavy atom. The minimum absolute atomic E-state index is 0.251. The minimum Gasteiger partial charge on any atom is -0.493 e. The van der Waals surface area contributed by atoms with Crippen molar-refractivity contribution in [2.45, 2.75) is 12.8 Å². The molecule has 6 heteroatoms. The Balaban J connectivity index is 1.33. The van der Waals surface area contributed by atoms with Crippen LogP contribution >= 0.6 is 0 Å². The molecule has 0 fully saturated rings. The topological polar surface area (TPSA) is 61.8 Å². The van der Waals surface area contributed by atoms with E-state index < -0.39 is 5.97 Å². The molecule has 0 aliphatic heterocycles. The Bertz CT molecular complexity index is 1040. The maximum absolute atomic E-state index is 12.1. The molecule has 0 heterocycles. The fraction of sp³-hybridized carbons (Fsp3) is 0.259. The Hall–Kier alpha value is -3.64. The number of hydrogen-bond acceptors (Lipinski definition) is 5. The average molecular weight is 449 g/mol. The molecule has 0 saturated carbocycles. The van der Waals surface area contributed by atoms with Crippen molar-refractivity contribution in [3.8, 4) is 11.5 Å². The predicted molar refractivity (Wildman–Crippen MR) is 129 cm³/mol. The van der Waals surface area contributed by atoms with Crippen molar-refractivity contribution in [1.82, 2.24) is 4.48 Å². The maximum atomic E-state index is 12.1. The molecule has 0 spiro atoms. The van der Waals surface area contributed by atoms with Crippen LogP contribution in [-0.4, -0.2) is 46.3 Å². The lowest BCUT2D eigenvalue weighted by atomic mass is 10.1. The molecule has 0 bridgehead atoms. The number of esters is 2. The molecule has 3 rings (SSSR count). The number of carbonyl (C=O) groups is 2. The summed E-state index contributed by atoms with van der Waals surface area (Å²) in [5.74, 6) is 0.436. The summed E-state index contributed by atoms with van der Waals surface area (Å²) in [6.45, 7) is 0.706. The van der Waals surface area contributed by atoms with Crippen LogP contribution in [0.2, 0.25) is 0 Å². The molecule has 0 aliphatic carbocycles. The molecule has 6 nitrogen and oxygen atoms in total. The van der Waals surface area contributed by atoms with E-state index in [4.69, 9.17) is 14.2 Å². The molecule has 0 atom stereocenters. The third kappa shape index (κ3) is 7.77. The zero-order valence-corrected chi connectivity index (χ0v) is 19.3. The van der Waals surface area contributed by atoms with Crippen molar-refractivity contribution in [1.29, 1.82) is 0 Å². The van der Waals surface area contributed by atoms with Crippen molar-refractivity contribution in [2.75, 3.05) is 34.4 Å². The molecule has 3 aromatic carbocycles. The zero-order valence-electron chi connectivity index (χ0n) is 19.3. The van der Waals surface area contributed by atoms with Crippen molar-refractivity contribution in [3.05, 3.63) is 90.0 Å². The predicted octanol–water partition coefficient (Wildman–Crippen LogP) is 4.66. The van der Waals surface area contributed by atoms with E-state index in [9.17, 15) is 9.59 Å². The highest BCUT2D eigenvalue weighted by molar-refractivity contribution is 5.90. The molecule has 0 radical (unpaired) electrons. The van der Waals surface area contributed by atoms with E-state index in [2.05, 4.69) is 21.1 Å². The van der Waals surface area contributed by atoms with Gasteiger partial charge in [-0.2, -0.15) is 0 Å². The van der Waals surface area contributed by atoms with Gasteiger partial charge in [-0.3, -0.25) is 9.28 Å². The van der Waals surface area contributed by atoms with Crippen molar-refractivity contribution >= 4 is 17.6 Å². The molecule has 0 saturated heterocycles. The van der Waals surface area contributed by atoms with Crippen LogP contribution in [0, 0.1) is 0 Å². The van der Waals surface area contributed by atoms with E-state index in [0.717, 1.165) is 10.0 Å². The van der Waals surface area contributed by atoms with E-state index in [-0.39, 0.29) is 12.4 Å². The number of benzene rings is 3. The lowest BCUT2D eigenvalue weighted by Gasteiger charge is -2.23. The van der Waals surface area contributed by atoms with Gasteiger partial charge in [-0.1, -0.05) is 30.3 Å².